The van der Waals surface area contributed by atoms with Gasteiger partial charge in [-0.25, -0.2) is 5.84 Å². The van der Waals surface area contributed by atoms with Crippen LogP contribution in [-0.2, 0) is 4.79 Å². The zero-order valence-electron chi connectivity index (χ0n) is 11.1. The molecule has 0 aromatic heterocycles. The lowest BCUT2D eigenvalue weighted by atomic mass is 10.1. The number of ether oxygens (including phenoxy) is 1. The normalized spacial score (nSPS) is 11.3. The van der Waals surface area contributed by atoms with Crippen LogP contribution in [0, 0.1) is 25.0 Å². The summed E-state index contributed by atoms with van der Waals surface area (Å²) in [5.74, 6) is 4.48. The van der Waals surface area contributed by atoms with E-state index in [1.807, 2.05) is 41.0 Å². The molecule has 0 saturated carbocycles. The average Bonchev–Trinajstić information content (AvgIpc) is 2.46. The van der Waals surface area contributed by atoms with E-state index >= 15 is 0 Å². The van der Waals surface area contributed by atoms with Crippen molar-refractivity contribution in [2.45, 2.75) is 25.9 Å². The van der Waals surface area contributed by atoms with Crippen LogP contribution in [0.2, 0.25) is 0 Å². The summed E-state index contributed by atoms with van der Waals surface area (Å²) in [5, 5.41) is 20.0. The number of amides is 1. The number of rotatable bonds is 6. The van der Waals surface area contributed by atoms with E-state index < -0.39 is 16.9 Å². The zero-order valence-corrected chi connectivity index (χ0v) is 13.3. The summed E-state index contributed by atoms with van der Waals surface area (Å²) in [6.45, 7) is 1.85. The van der Waals surface area contributed by atoms with E-state index in [-0.39, 0.29) is 17.0 Å². The standard InChI is InChI=1S/C12H13IN4O4/c1-2-3-10(12(18)16-15)21-11-8(13)4-7(6-14)5-9(11)17(19)20/h4-5,10H,2-3,15H2,1H3,(H,16,18). The molecule has 0 aliphatic heterocycles. The first-order chi connectivity index (χ1) is 9.94. The molecule has 1 aromatic rings. The first kappa shape index (κ1) is 17.1. The Morgan fingerprint density at radius 2 is 2.33 bits per heavy atom. The largest absolute Gasteiger partial charge is 0.473 e. The Bertz CT molecular complexity index is 600. The van der Waals surface area contributed by atoms with E-state index in [2.05, 4.69) is 0 Å². The minimum Gasteiger partial charge on any atom is -0.473 e. The SMILES string of the molecule is CCCC(Oc1c(I)cc(C#N)cc1[N+](=O)[O-])C(=O)NN. The van der Waals surface area contributed by atoms with Crippen LogP contribution in [-0.4, -0.2) is 16.9 Å². The van der Waals surface area contributed by atoms with Gasteiger partial charge in [0.2, 0.25) is 5.75 Å². The number of hydrazine groups is 1. The second kappa shape index (κ2) is 7.75. The zero-order chi connectivity index (χ0) is 16.0. The molecule has 0 fully saturated rings. The van der Waals surface area contributed by atoms with Crippen molar-refractivity contribution < 1.29 is 14.5 Å². The molecule has 1 atom stereocenters. The number of hydrogen-bond acceptors (Lipinski definition) is 6. The van der Waals surface area contributed by atoms with Crippen molar-refractivity contribution in [2.75, 3.05) is 0 Å². The summed E-state index contributed by atoms with van der Waals surface area (Å²) in [6.07, 6.45) is 0.0646. The fourth-order valence-electron chi connectivity index (χ4n) is 1.64. The first-order valence-electron chi connectivity index (χ1n) is 5.99. The maximum atomic E-state index is 11.6. The molecule has 1 rings (SSSR count). The van der Waals surface area contributed by atoms with Gasteiger partial charge >= 0.3 is 5.69 Å². The highest BCUT2D eigenvalue weighted by Crippen LogP contribution is 2.34. The Kier molecular flexibility index (Phi) is 6.32. The second-order valence-electron chi connectivity index (χ2n) is 4.08. The fraction of sp³-hybridized carbons (Fsp3) is 0.333. The van der Waals surface area contributed by atoms with Crippen molar-refractivity contribution >= 4 is 34.2 Å². The molecular formula is C12H13IN4O4. The van der Waals surface area contributed by atoms with Crippen LogP contribution in [0.5, 0.6) is 5.75 Å². The Labute approximate surface area is 134 Å². The number of nitriles is 1. The quantitative estimate of drug-likeness (QED) is 0.244. The third-order valence-electron chi connectivity index (χ3n) is 2.60. The molecule has 0 aliphatic carbocycles. The van der Waals surface area contributed by atoms with E-state index in [0.717, 1.165) is 6.07 Å². The van der Waals surface area contributed by atoms with Crippen molar-refractivity contribution in [3.63, 3.8) is 0 Å². The number of carbonyl (C=O) groups excluding carboxylic acids is 1. The molecule has 0 saturated heterocycles. The third kappa shape index (κ3) is 4.27. The van der Waals surface area contributed by atoms with Crippen LogP contribution >= 0.6 is 22.6 Å². The molecule has 8 nitrogen and oxygen atoms in total. The molecule has 21 heavy (non-hydrogen) atoms. The number of hydrogen-bond donors (Lipinski definition) is 2. The van der Waals surface area contributed by atoms with E-state index in [1.165, 1.54) is 6.07 Å². The molecular weight excluding hydrogens is 391 g/mol. The highest BCUT2D eigenvalue weighted by Gasteiger charge is 2.26. The molecule has 1 amide bonds. The lowest BCUT2D eigenvalue weighted by Gasteiger charge is -2.17. The van der Waals surface area contributed by atoms with Crippen molar-refractivity contribution in [2.24, 2.45) is 5.84 Å². The molecule has 0 bridgehead atoms. The Morgan fingerprint density at radius 1 is 1.67 bits per heavy atom. The highest BCUT2D eigenvalue weighted by atomic mass is 127. The summed E-state index contributed by atoms with van der Waals surface area (Å²) in [4.78, 5) is 22.1. The van der Waals surface area contributed by atoms with Crippen LogP contribution in [0.4, 0.5) is 5.69 Å². The lowest BCUT2D eigenvalue weighted by molar-refractivity contribution is -0.386. The van der Waals surface area contributed by atoms with Crippen molar-refractivity contribution in [3.05, 3.63) is 31.4 Å². The third-order valence-corrected chi connectivity index (χ3v) is 3.40. The first-order valence-corrected chi connectivity index (χ1v) is 7.07. The highest BCUT2D eigenvalue weighted by molar-refractivity contribution is 14.1. The van der Waals surface area contributed by atoms with Crippen LogP contribution in [0.3, 0.4) is 0 Å². The van der Waals surface area contributed by atoms with Gasteiger partial charge in [-0.05, 0) is 35.1 Å². The Hall–Kier alpha value is -1.93. The molecule has 1 aromatic carbocycles. The molecule has 0 spiro atoms. The Balaban J connectivity index is 3.25. The van der Waals surface area contributed by atoms with Crippen molar-refractivity contribution in [1.29, 1.82) is 5.26 Å². The van der Waals surface area contributed by atoms with Gasteiger partial charge in [-0.1, -0.05) is 13.3 Å². The van der Waals surface area contributed by atoms with Gasteiger partial charge < -0.3 is 4.74 Å². The molecule has 0 heterocycles. The van der Waals surface area contributed by atoms with Crippen molar-refractivity contribution in [3.8, 4) is 11.8 Å². The predicted octanol–water partition coefficient (Wildman–Crippen LogP) is 1.61. The van der Waals surface area contributed by atoms with E-state index in [0.29, 0.717) is 16.4 Å². The lowest BCUT2D eigenvalue weighted by Crippen LogP contribution is -2.42. The summed E-state index contributed by atoms with van der Waals surface area (Å²) >= 11 is 1.82. The number of nitro benzene ring substituents is 1. The minimum atomic E-state index is -0.930. The maximum absolute atomic E-state index is 11.6. The minimum absolute atomic E-state index is 0.0401. The van der Waals surface area contributed by atoms with Crippen LogP contribution in [0.1, 0.15) is 25.3 Å². The summed E-state index contributed by atoms with van der Waals surface area (Å²) < 4.78 is 5.86. The van der Waals surface area contributed by atoms with Gasteiger partial charge in [0.25, 0.3) is 5.91 Å². The van der Waals surface area contributed by atoms with Gasteiger partial charge in [0.05, 0.1) is 20.1 Å². The second-order valence-corrected chi connectivity index (χ2v) is 5.24. The molecule has 0 radical (unpaired) electrons. The van der Waals surface area contributed by atoms with Crippen LogP contribution < -0.4 is 16.0 Å². The van der Waals surface area contributed by atoms with Gasteiger partial charge in [-0.2, -0.15) is 5.26 Å². The molecule has 112 valence electrons. The molecule has 0 aliphatic rings. The smallest absolute Gasteiger partial charge is 0.313 e. The van der Waals surface area contributed by atoms with Gasteiger partial charge in [-0.3, -0.25) is 20.3 Å². The maximum Gasteiger partial charge on any atom is 0.313 e. The monoisotopic (exact) mass is 404 g/mol. The van der Waals surface area contributed by atoms with Gasteiger partial charge in [0.15, 0.2) is 6.10 Å². The topological polar surface area (TPSA) is 131 Å². The number of carbonyl (C=O) groups is 1. The summed E-state index contributed by atoms with van der Waals surface area (Å²) in [6, 6.07) is 4.40. The summed E-state index contributed by atoms with van der Waals surface area (Å²) in [7, 11) is 0. The fourth-order valence-corrected chi connectivity index (χ4v) is 2.38. The number of nitrogens with zero attached hydrogens (tertiary/aromatic N) is 2. The predicted molar refractivity (Wildman–Crippen MR) is 82.2 cm³/mol. The average molecular weight is 404 g/mol. The number of benzene rings is 1. The number of nitrogens with two attached hydrogens (primary N) is 1. The van der Waals surface area contributed by atoms with E-state index in [1.54, 1.807) is 0 Å². The molecule has 3 N–H and O–H groups in total. The van der Waals surface area contributed by atoms with E-state index in [4.69, 9.17) is 15.8 Å². The number of nitro groups is 1. The Morgan fingerprint density at radius 3 is 2.81 bits per heavy atom. The van der Waals surface area contributed by atoms with Gasteiger partial charge in [0, 0.05) is 6.07 Å². The molecule has 1 unspecified atom stereocenters. The van der Waals surface area contributed by atoms with E-state index in [9.17, 15) is 14.9 Å². The molecule has 9 heteroatoms. The van der Waals surface area contributed by atoms with Crippen molar-refractivity contribution in [1.82, 2.24) is 5.43 Å². The van der Waals surface area contributed by atoms with Gasteiger partial charge in [-0.15, -0.1) is 0 Å². The number of nitrogens with one attached hydrogen (secondary N) is 1. The van der Waals surface area contributed by atoms with Crippen LogP contribution in [0.15, 0.2) is 12.1 Å². The number of halogens is 1. The van der Waals surface area contributed by atoms with Crippen LogP contribution in [0.25, 0.3) is 0 Å². The van der Waals surface area contributed by atoms with Gasteiger partial charge in [0.1, 0.15) is 0 Å². The summed E-state index contributed by atoms with van der Waals surface area (Å²) in [5.41, 5.74) is 1.76.